The molecule has 0 aliphatic rings. The Morgan fingerprint density at radius 3 is 2.35 bits per heavy atom. The van der Waals surface area contributed by atoms with Crippen molar-refractivity contribution in [3.63, 3.8) is 0 Å². The van der Waals surface area contributed by atoms with Crippen LogP contribution in [-0.4, -0.2) is 22.9 Å². The van der Waals surface area contributed by atoms with Crippen molar-refractivity contribution in [2.45, 2.75) is 9.22 Å². The molecule has 2 atom stereocenters. The van der Waals surface area contributed by atoms with Crippen LogP contribution in [0, 0.1) is 0 Å². The number of aliphatic hydroxyl groups is 1. The highest BCUT2D eigenvalue weighted by Gasteiger charge is 2.44. The zero-order chi connectivity index (χ0) is 13.4. The van der Waals surface area contributed by atoms with Gasteiger partial charge in [0.2, 0.25) is 3.12 Å². The molecule has 0 aromatic heterocycles. The molecule has 0 heterocycles. The Bertz CT molecular complexity index is 530. The molecule has 8 heteroatoms. The van der Waals surface area contributed by atoms with Gasteiger partial charge in [-0.25, -0.2) is 8.42 Å². The number of benzene rings is 1. The van der Waals surface area contributed by atoms with Crippen LogP contribution in [0.15, 0.2) is 18.2 Å². The van der Waals surface area contributed by atoms with Crippen LogP contribution in [-0.2, 0) is 9.84 Å². The Morgan fingerprint density at radius 2 is 1.94 bits per heavy atom. The third-order valence-electron chi connectivity index (χ3n) is 2.07. The van der Waals surface area contributed by atoms with E-state index in [0.717, 1.165) is 6.26 Å². The summed E-state index contributed by atoms with van der Waals surface area (Å²) in [5, 5.41) is 10.5. The van der Waals surface area contributed by atoms with Crippen molar-refractivity contribution in [3.8, 4) is 0 Å². The van der Waals surface area contributed by atoms with Crippen molar-refractivity contribution < 1.29 is 13.5 Å². The lowest BCUT2D eigenvalue weighted by atomic mass is 10.1. The van der Waals surface area contributed by atoms with E-state index in [0.29, 0.717) is 5.02 Å². The Hall–Kier alpha value is 0.480. The van der Waals surface area contributed by atoms with Crippen LogP contribution in [0.25, 0.3) is 0 Å². The minimum absolute atomic E-state index is 0.137. The second-order valence-electron chi connectivity index (χ2n) is 3.40. The third-order valence-corrected chi connectivity index (χ3v) is 7.09. The second-order valence-corrected chi connectivity index (χ2v) is 9.49. The number of hydrogen-bond acceptors (Lipinski definition) is 3. The zero-order valence-corrected chi connectivity index (χ0v) is 13.2. The molecule has 17 heavy (non-hydrogen) atoms. The molecule has 1 N–H and O–H groups in total. The molecule has 0 saturated carbocycles. The first-order chi connectivity index (χ1) is 7.57. The summed E-state index contributed by atoms with van der Waals surface area (Å²) >= 11 is 20.1. The van der Waals surface area contributed by atoms with Crippen LogP contribution in [0.4, 0.5) is 0 Å². The van der Waals surface area contributed by atoms with Gasteiger partial charge in [0.25, 0.3) is 0 Å². The van der Waals surface area contributed by atoms with Gasteiger partial charge in [-0.2, -0.15) is 0 Å². The van der Waals surface area contributed by atoms with E-state index in [1.165, 1.54) is 18.2 Å². The fourth-order valence-electron chi connectivity index (χ4n) is 1.11. The van der Waals surface area contributed by atoms with Crippen LogP contribution >= 0.6 is 50.7 Å². The number of aliphatic hydroxyl groups excluding tert-OH is 1. The van der Waals surface area contributed by atoms with Crippen LogP contribution in [0.1, 0.15) is 11.7 Å². The van der Waals surface area contributed by atoms with Crippen molar-refractivity contribution in [1.29, 1.82) is 0 Å². The summed E-state index contributed by atoms with van der Waals surface area (Å²) < 4.78 is 20.8. The molecule has 0 bridgehead atoms. The molecule has 0 radical (unpaired) electrons. The molecule has 1 rings (SSSR count). The molecule has 1 aromatic rings. The quantitative estimate of drug-likeness (QED) is 0.816. The summed E-state index contributed by atoms with van der Waals surface area (Å²) in [6.07, 6.45) is -0.620. The van der Waals surface area contributed by atoms with Crippen molar-refractivity contribution in [2.24, 2.45) is 0 Å². The lowest BCUT2D eigenvalue weighted by Crippen LogP contribution is -2.32. The van der Waals surface area contributed by atoms with Crippen molar-refractivity contribution in [3.05, 3.63) is 33.8 Å². The third kappa shape index (κ3) is 3.28. The SMILES string of the molecule is CS(=O)(=O)[C@@](Cl)(Br)[C@H](O)c1ccc(Cl)cc1Cl. The predicted octanol–water partition coefficient (Wildman–Crippen LogP) is 3.36. The highest BCUT2D eigenvalue weighted by Crippen LogP contribution is 2.44. The summed E-state index contributed by atoms with van der Waals surface area (Å²) in [7, 11) is -3.74. The summed E-state index contributed by atoms with van der Waals surface area (Å²) in [5.41, 5.74) is 0.174. The van der Waals surface area contributed by atoms with Crippen LogP contribution in [0.5, 0.6) is 0 Å². The molecule has 0 amide bonds. The lowest BCUT2D eigenvalue weighted by molar-refractivity contribution is 0.185. The molecule has 0 aliphatic carbocycles. The van der Waals surface area contributed by atoms with Crippen LogP contribution in [0.2, 0.25) is 10.0 Å². The standard InChI is InChI=1S/C9H8BrCl3O3S/c1-17(15,16)9(10,13)8(14)6-3-2-5(11)4-7(6)12/h2-4,8,14H,1H3/t8-,9-/m1/s1. The van der Waals surface area contributed by atoms with E-state index in [-0.39, 0.29) is 10.6 Å². The van der Waals surface area contributed by atoms with E-state index in [2.05, 4.69) is 15.9 Å². The summed E-state index contributed by atoms with van der Waals surface area (Å²) in [4.78, 5) is 0. The number of hydrogen-bond donors (Lipinski definition) is 1. The summed E-state index contributed by atoms with van der Waals surface area (Å²) in [5.74, 6) is 0. The molecule has 0 fully saturated rings. The highest BCUT2D eigenvalue weighted by atomic mass is 79.9. The van der Waals surface area contributed by atoms with Crippen LogP contribution in [0.3, 0.4) is 0 Å². The van der Waals surface area contributed by atoms with E-state index in [4.69, 9.17) is 34.8 Å². The monoisotopic (exact) mass is 380 g/mol. The molecule has 0 saturated heterocycles. The Labute approximate surface area is 123 Å². The average molecular weight is 382 g/mol. The topological polar surface area (TPSA) is 54.4 Å². The van der Waals surface area contributed by atoms with Gasteiger partial charge in [0.05, 0.1) is 0 Å². The zero-order valence-electron chi connectivity index (χ0n) is 8.49. The second kappa shape index (κ2) is 5.23. The van der Waals surface area contributed by atoms with Gasteiger partial charge in [-0.3, -0.25) is 0 Å². The Balaban J connectivity index is 3.26. The van der Waals surface area contributed by atoms with E-state index < -0.39 is 19.1 Å². The van der Waals surface area contributed by atoms with Gasteiger partial charge < -0.3 is 5.11 Å². The number of sulfone groups is 1. The summed E-state index contributed by atoms with van der Waals surface area (Å²) in [6.45, 7) is 0. The molecule has 0 aliphatic heterocycles. The van der Waals surface area contributed by atoms with Gasteiger partial charge >= 0.3 is 0 Å². The van der Waals surface area contributed by atoms with Gasteiger partial charge in [0.15, 0.2) is 9.84 Å². The fraction of sp³-hybridized carbons (Fsp3) is 0.333. The van der Waals surface area contributed by atoms with E-state index in [9.17, 15) is 13.5 Å². The lowest BCUT2D eigenvalue weighted by Gasteiger charge is -2.25. The maximum atomic E-state index is 11.4. The largest absolute Gasteiger partial charge is 0.384 e. The molecular weight excluding hydrogens is 374 g/mol. The van der Waals surface area contributed by atoms with Crippen molar-refractivity contribution in [2.75, 3.05) is 6.26 Å². The minimum Gasteiger partial charge on any atom is -0.384 e. The molecule has 0 spiro atoms. The van der Waals surface area contributed by atoms with Gasteiger partial charge in [0.1, 0.15) is 6.10 Å². The van der Waals surface area contributed by atoms with Gasteiger partial charge in [0, 0.05) is 21.9 Å². The van der Waals surface area contributed by atoms with Crippen molar-refractivity contribution >= 4 is 60.6 Å². The van der Waals surface area contributed by atoms with Gasteiger partial charge in [-0.15, -0.1) is 0 Å². The maximum absolute atomic E-state index is 11.4. The number of halogens is 4. The van der Waals surface area contributed by atoms with E-state index in [1.54, 1.807) is 0 Å². The first-order valence-electron chi connectivity index (χ1n) is 4.28. The Morgan fingerprint density at radius 1 is 1.41 bits per heavy atom. The summed E-state index contributed by atoms with van der Waals surface area (Å²) in [6, 6.07) is 4.29. The van der Waals surface area contributed by atoms with Gasteiger partial charge in [-0.1, -0.05) is 40.9 Å². The molecule has 3 nitrogen and oxygen atoms in total. The number of rotatable bonds is 3. The normalized spacial score (nSPS) is 17.5. The van der Waals surface area contributed by atoms with E-state index in [1.807, 2.05) is 0 Å². The average Bonchev–Trinajstić information content (AvgIpc) is 2.14. The first kappa shape index (κ1) is 15.5. The van der Waals surface area contributed by atoms with Gasteiger partial charge in [-0.05, 0) is 28.1 Å². The molecule has 0 unspecified atom stereocenters. The number of alkyl halides is 2. The molecular formula is C9H8BrCl3O3S. The molecule has 96 valence electrons. The Kier molecular flexibility index (Phi) is 4.78. The minimum atomic E-state index is -3.74. The predicted molar refractivity (Wildman–Crippen MR) is 73.8 cm³/mol. The smallest absolute Gasteiger partial charge is 0.228 e. The van der Waals surface area contributed by atoms with E-state index >= 15 is 0 Å². The van der Waals surface area contributed by atoms with Crippen LogP contribution < -0.4 is 0 Å². The fourth-order valence-corrected chi connectivity index (χ4v) is 2.52. The maximum Gasteiger partial charge on any atom is 0.228 e. The first-order valence-corrected chi connectivity index (χ1v) is 8.09. The van der Waals surface area contributed by atoms with Crippen molar-refractivity contribution in [1.82, 2.24) is 0 Å². The molecule has 1 aromatic carbocycles. The highest BCUT2D eigenvalue weighted by molar-refractivity contribution is 9.12.